The van der Waals surface area contributed by atoms with Gasteiger partial charge in [-0.2, -0.15) is 8.42 Å². The number of methoxy groups -OCH3 is 1. The fourth-order valence-corrected chi connectivity index (χ4v) is 3.71. The number of ether oxygens (including phenoxy) is 2. The van der Waals surface area contributed by atoms with E-state index in [0.29, 0.717) is 11.4 Å². The van der Waals surface area contributed by atoms with Gasteiger partial charge in [-0.3, -0.25) is 0 Å². The van der Waals surface area contributed by atoms with Gasteiger partial charge >= 0.3 is 5.97 Å². The Kier molecular flexibility index (Phi) is 6.22. The summed E-state index contributed by atoms with van der Waals surface area (Å²) < 4.78 is 42.3. The number of carbonyl (C=O) groups excluding carboxylic acids is 1. The second-order valence-corrected chi connectivity index (χ2v) is 8.08. The van der Waals surface area contributed by atoms with Crippen molar-refractivity contribution >= 4 is 22.3 Å². The summed E-state index contributed by atoms with van der Waals surface area (Å²) in [7, 11) is 0.323. The summed E-state index contributed by atoms with van der Waals surface area (Å²) in [6.07, 6.45) is 4.60. The van der Waals surface area contributed by atoms with E-state index in [0.717, 1.165) is 0 Å². The van der Waals surface area contributed by atoms with Gasteiger partial charge in [-0.1, -0.05) is 18.2 Å². The fourth-order valence-electron chi connectivity index (χ4n) is 2.62. The Morgan fingerprint density at radius 3 is 2.33 bits per heavy atom. The molecule has 3 aromatic rings. The molecule has 156 valence electrons. The standard InChI is InChI=1S/C21H21N3O5S/c1-23(2)15-22-30(26,27)19-14-16(21(25)28-3)13-18(24-11-7-8-12-24)20(19)29-17-9-5-4-6-10-17/h4-15H,1-3H3. The quantitative estimate of drug-likeness (QED) is 0.326. The normalized spacial score (nSPS) is 11.4. The van der Waals surface area contributed by atoms with Gasteiger partial charge in [0.1, 0.15) is 17.0 Å². The average Bonchev–Trinajstić information content (AvgIpc) is 3.27. The van der Waals surface area contributed by atoms with Crippen LogP contribution < -0.4 is 4.74 Å². The summed E-state index contributed by atoms with van der Waals surface area (Å²) in [5, 5.41) is 0. The zero-order valence-electron chi connectivity index (χ0n) is 16.7. The third-order valence-electron chi connectivity index (χ3n) is 4.00. The summed E-state index contributed by atoms with van der Waals surface area (Å²) in [6, 6.07) is 15.0. The number of carbonyl (C=O) groups is 1. The van der Waals surface area contributed by atoms with Crippen LogP contribution in [0.3, 0.4) is 0 Å². The van der Waals surface area contributed by atoms with Crippen molar-refractivity contribution in [2.75, 3.05) is 21.2 Å². The first kappa shape index (κ1) is 21.1. The Bertz CT molecular complexity index is 1150. The topological polar surface area (TPSA) is 90.2 Å². The third kappa shape index (κ3) is 4.69. The first-order valence-electron chi connectivity index (χ1n) is 8.91. The Morgan fingerprint density at radius 1 is 1.07 bits per heavy atom. The highest BCUT2D eigenvalue weighted by atomic mass is 32.2. The SMILES string of the molecule is COC(=O)c1cc(-n2cccc2)c(Oc2ccccc2)c(S(=O)(=O)N=CN(C)C)c1. The summed E-state index contributed by atoms with van der Waals surface area (Å²) in [5.41, 5.74) is 0.408. The second-order valence-electron chi connectivity index (χ2n) is 6.48. The van der Waals surface area contributed by atoms with Gasteiger partial charge in [0.05, 0.1) is 18.4 Å². The molecule has 0 spiro atoms. The van der Waals surface area contributed by atoms with Crippen molar-refractivity contribution in [2.45, 2.75) is 4.90 Å². The van der Waals surface area contributed by atoms with E-state index in [2.05, 4.69) is 4.40 Å². The number of sulfonamides is 1. The average molecular weight is 427 g/mol. The molecule has 0 amide bonds. The highest BCUT2D eigenvalue weighted by Crippen LogP contribution is 2.37. The van der Waals surface area contributed by atoms with Crippen LogP contribution in [0.25, 0.3) is 5.69 Å². The molecule has 8 nitrogen and oxygen atoms in total. The first-order valence-corrected chi connectivity index (χ1v) is 10.4. The molecule has 0 unspecified atom stereocenters. The summed E-state index contributed by atoms with van der Waals surface area (Å²) in [6.45, 7) is 0. The molecule has 0 bridgehead atoms. The van der Waals surface area contributed by atoms with Gasteiger partial charge in [0.15, 0.2) is 5.75 Å². The molecule has 1 heterocycles. The van der Waals surface area contributed by atoms with Crippen molar-refractivity contribution in [3.63, 3.8) is 0 Å². The minimum Gasteiger partial charge on any atom is -0.465 e. The highest BCUT2D eigenvalue weighted by Gasteiger charge is 2.26. The Balaban J connectivity index is 2.31. The molecule has 3 rings (SSSR count). The Morgan fingerprint density at radius 2 is 1.73 bits per heavy atom. The minimum absolute atomic E-state index is 0.0426. The molecule has 9 heteroatoms. The van der Waals surface area contributed by atoms with Crippen LogP contribution in [0.15, 0.2) is 76.3 Å². The van der Waals surface area contributed by atoms with E-state index in [4.69, 9.17) is 9.47 Å². The van der Waals surface area contributed by atoms with Crippen LogP contribution in [0.2, 0.25) is 0 Å². The molecule has 0 aliphatic heterocycles. The monoisotopic (exact) mass is 427 g/mol. The highest BCUT2D eigenvalue weighted by molar-refractivity contribution is 7.90. The molecule has 30 heavy (non-hydrogen) atoms. The number of rotatable bonds is 7. The summed E-state index contributed by atoms with van der Waals surface area (Å²) in [5.74, 6) is -0.201. The third-order valence-corrected chi connectivity index (χ3v) is 5.23. The molecule has 2 aromatic carbocycles. The molecule has 0 saturated carbocycles. The van der Waals surface area contributed by atoms with E-state index in [9.17, 15) is 13.2 Å². The van der Waals surface area contributed by atoms with Gasteiger partial charge in [-0.15, -0.1) is 4.40 Å². The van der Waals surface area contributed by atoms with Crippen molar-refractivity contribution < 1.29 is 22.7 Å². The van der Waals surface area contributed by atoms with Crippen LogP contribution in [0.4, 0.5) is 0 Å². The molecular weight excluding hydrogens is 406 g/mol. The first-order chi connectivity index (χ1) is 14.3. The lowest BCUT2D eigenvalue weighted by Gasteiger charge is -2.17. The molecule has 0 radical (unpaired) electrons. The van der Waals surface area contributed by atoms with Crippen LogP contribution in [-0.4, -0.2) is 51.4 Å². The predicted octanol–water partition coefficient (Wildman–Crippen LogP) is 3.33. The smallest absolute Gasteiger partial charge is 0.337 e. The predicted molar refractivity (Wildman–Crippen MR) is 113 cm³/mol. The van der Waals surface area contributed by atoms with Gasteiger partial charge < -0.3 is 18.9 Å². The number of aromatic nitrogens is 1. The molecule has 1 aromatic heterocycles. The van der Waals surface area contributed by atoms with Gasteiger partial charge in [0, 0.05) is 26.5 Å². The maximum Gasteiger partial charge on any atom is 0.337 e. The van der Waals surface area contributed by atoms with Crippen molar-refractivity contribution in [2.24, 2.45) is 4.40 Å². The van der Waals surface area contributed by atoms with Crippen LogP contribution in [-0.2, 0) is 14.8 Å². The van der Waals surface area contributed by atoms with Gasteiger partial charge in [0.2, 0.25) is 0 Å². The molecule has 0 N–H and O–H groups in total. The summed E-state index contributed by atoms with van der Waals surface area (Å²) in [4.78, 5) is 13.5. The van der Waals surface area contributed by atoms with Crippen molar-refractivity contribution in [1.82, 2.24) is 9.47 Å². The van der Waals surface area contributed by atoms with Crippen molar-refractivity contribution in [1.29, 1.82) is 0 Å². The van der Waals surface area contributed by atoms with E-state index in [1.807, 2.05) is 6.07 Å². The van der Waals surface area contributed by atoms with E-state index in [-0.39, 0.29) is 16.2 Å². The van der Waals surface area contributed by atoms with Crippen molar-refractivity contribution in [3.05, 3.63) is 72.6 Å². The maximum absolute atomic E-state index is 13.1. The number of esters is 1. The maximum atomic E-state index is 13.1. The number of nitrogens with zero attached hydrogens (tertiary/aromatic N) is 3. The van der Waals surface area contributed by atoms with Crippen LogP contribution in [0.1, 0.15) is 10.4 Å². The summed E-state index contributed by atoms with van der Waals surface area (Å²) >= 11 is 0. The van der Waals surface area contributed by atoms with E-state index < -0.39 is 16.0 Å². The van der Waals surface area contributed by atoms with Gasteiger partial charge in [0.25, 0.3) is 10.0 Å². The lowest BCUT2D eigenvalue weighted by Crippen LogP contribution is -2.12. The largest absolute Gasteiger partial charge is 0.465 e. The van der Waals surface area contributed by atoms with Crippen LogP contribution in [0, 0.1) is 0 Å². The number of benzene rings is 2. The van der Waals surface area contributed by atoms with Crippen LogP contribution >= 0.6 is 0 Å². The molecule has 0 fully saturated rings. The Labute approximate surface area is 175 Å². The van der Waals surface area contributed by atoms with E-state index >= 15 is 0 Å². The number of hydrogen-bond donors (Lipinski definition) is 0. The van der Waals surface area contributed by atoms with Crippen molar-refractivity contribution in [3.8, 4) is 17.2 Å². The van der Waals surface area contributed by atoms with E-state index in [1.54, 1.807) is 67.5 Å². The molecule has 0 aliphatic carbocycles. The van der Waals surface area contributed by atoms with E-state index in [1.165, 1.54) is 30.5 Å². The lowest BCUT2D eigenvalue weighted by atomic mass is 10.1. The zero-order chi connectivity index (χ0) is 21.7. The van der Waals surface area contributed by atoms with Gasteiger partial charge in [-0.25, -0.2) is 4.79 Å². The zero-order valence-corrected chi connectivity index (χ0v) is 17.5. The molecule has 0 aliphatic rings. The molecule has 0 saturated heterocycles. The molecular formula is C21H21N3O5S. The second kappa shape index (κ2) is 8.83. The van der Waals surface area contributed by atoms with Gasteiger partial charge in [-0.05, 0) is 36.4 Å². The number of para-hydroxylation sites is 1. The lowest BCUT2D eigenvalue weighted by molar-refractivity contribution is 0.0600. The fraction of sp³-hybridized carbons (Fsp3) is 0.143. The minimum atomic E-state index is -4.20. The molecule has 0 atom stereocenters. The Hall–Kier alpha value is -3.59. The number of hydrogen-bond acceptors (Lipinski definition) is 5. The van der Waals surface area contributed by atoms with Crippen LogP contribution in [0.5, 0.6) is 11.5 Å².